The maximum absolute atomic E-state index is 9.46. The van der Waals surface area contributed by atoms with E-state index in [2.05, 4.69) is 42.8 Å². The van der Waals surface area contributed by atoms with Gasteiger partial charge in [0.2, 0.25) is 0 Å². The molecule has 1 saturated heterocycles. The molecule has 1 aliphatic heterocycles. The molecule has 1 aromatic rings. The van der Waals surface area contributed by atoms with Crippen molar-refractivity contribution in [1.82, 2.24) is 4.98 Å². The normalized spacial score (nSPS) is 20.0. The molecule has 114 valence electrons. The van der Waals surface area contributed by atoms with Gasteiger partial charge in [0.25, 0.3) is 0 Å². The first-order chi connectivity index (χ1) is 9.82. The SMILES string of the molecule is Cc1cc(N2CCCC(C(C)(C)C)CC2)c(C#N)c(C)n1. The molecule has 1 aromatic heterocycles. The van der Waals surface area contributed by atoms with E-state index in [1.165, 1.54) is 19.3 Å². The standard InChI is InChI=1S/C18H27N3/c1-13-11-17(16(12-19)14(2)20-13)21-9-6-7-15(8-10-21)18(3,4)5/h11,15H,6-10H2,1-5H3. The van der Waals surface area contributed by atoms with E-state index in [0.717, 1.165) is 41.6 Å². The van der Waals surface area contributed by atoms with Crippen molar-refractivity contribution in [2.45, 2.75) is 53.9 Å². The van der Waals surface area contributed by atoms with Crippen molar-refractivity contribution in [2.24, 2.45) is 11.3 Å². The summed E-state index contributed by atoms with van der Waals surface area (Å²) in [5.74, 6) is 0.761. The second-order valence-corrected chi connectivity index (χ2v) is 7.34. The molecule has 2 rings (SSSR count). The summed E-state index contributed by atoms with van der Waals surface area (Å²) in [6.07, 6.45) is 3.69. The van der Waals surface area contributed by atoms with Crippen LogP contribution in [-0.2, 0) is 0 Å². The van der Waals surface area contributed by atoms with Crippen molar-refractivity contribution in [2.75, 3.05) is 18.0 Å². The number of hydrogen-bond acceptors (Lipinski definition) is 3. The van der Waals surface area contributed by atoms with Crippen molar-refractivity contribution in [3.63, 3.8) is 0 Å². The summed E-state index contributed by atoms with van der Waals surface area (Å²) < 4.78 is 0. The Balaban J connectivity index is 2.26. The first-order valence-corrected chi connectivity index (χ1v) is 7.96. The van der Waals surface area contributed by atoms with Crippen LogP contribution in [0.25, 0.3) is 0 Å². The van der Waals surface area contributed by atoms with Gasteiger partial charge in [-0.05, 0) is 50.5 Å². The lowest BCUT2D eigenvalue weighted by molar-refractivity contribution is 0.220. The third kappa shape index (κ3) is 3.56. The highest BCUT2D eigenvalue weighted by Crippen LogP contribution is 2.36. The topological polar surface area (TPSA) is 39.9 Å². The number of hydrogen-bond donors (Lipinski definition) is 0. The highest BCUT2D eigenvalue weighted by atomic mass is 15.1. The van der Waals surface area contributed by atoms with E-state index in [-0.39, 0.29) is 0 Å². The van der Waals surface area contributed by atoms with Gasteiger partial charge in [-0.25, -0.2) is 0 Å². The summed E-state index contributed by atoms with van der Waals surface area (Å²) in [7, 11) is 0. The Morgan fingerprint density at radius 2 is 1.95 bits per heavy atom. The van der Waals surface area contributed by atoms with E-state index in [4.69, 9.17) is 0 Å². The van der Waals surface area contributed by atoms with Gasteiger partial charge in [-0.1, -0.05) is 20.8 Å². The number of pyridine rings is 1. The number of aryl methyl sites for hydroxylation is 2. The molecular weight excluding hydrogens is 258 g/mol. The van der Waals surface area contributed by atoms with Crippen LogP contribution in [0, 0.1) is 36.5 Å². The molecular formula is C18H27N3. The molecule has 1 unspecified atom stereocenters. The minimum atomic E-state index is 0.373. The monoisotopic (exact) mass is 285 g/mol. The van der Waals surface area contributed by atoms with Gasteiger partial charge in [0, 0.05) is 18.8 Å². The predicted molar refractivity (Wildman–Crippen MR) is 87.4 cm³/mol. The summed E-state index contributed by atoms with van der Waals surface area (Å²) >= 11 is 0. The fraction of sp³-hybridized carbons (Fsp3) is 0.667. The Labute approximate surface area is 129 Å². The fourth-order valence-electron chi connectivity index (χ4n) is 3.40. The van der Waals surface area contributed by atoms with Gasteiger partial charge in [0.15, 0.2) is 0 Å². The van der Waals surface area contributed by atoms with Crippen LogP contribution < -0.4 is 4.90 Å². The minimum absolute atomic E-state index is 0.373. The maximum atomic E-state index is 9.46. The van der Waals surface area contributed by atoms with Crippen LogP contribution in [0.3, 0.4) is 0 Å². The molecule has 21 heavy (non-hydrogen) atoms. The van der Waals surface area contributed by atoms with E-state index in [1.807, 2.05) is 13.8 Å². The van der Waals surface area contributed by atoms with Crippen molar-refractivity contribution < 1.29 is 0 Å². The van der Waals surface area contributed by atoms with Gasteiger partial charge in [-0.15, -0.1) is 0 Å². The van der Waals surface area contributed by atoms with Crippen LogP contribution in [0.5, 0.6) is 0 Å². The van der Waals surface area contributed by atoms with Crippen LogP contribution in [0.1, 0.15) is 57.0 Å². The van der Waals surface area contributed by atoms with Crippen LogP contribution in [-0.4, -0.2) is 18.1 Å². The molecule has 0 aliphatic carbocycles. The number of nitrogens with zero attached hydrogens (tertiary/aromatic N) is 3. The molecule has 1 atom stereocenters. The summed E-state index contributed by atoms with van der Waals surface area (Å²) in [4.78, 5) is 6.82. The van der Waals surface area contributed by atoms with E-state index in [9.17, 15) is 5.26 Å². The Hall–Kier alpha value is -1.56. The molecule has 3 nitrogen and oxygen atoms in total. The Morgan fingerprint density at radius 3 is 2.57 bits per heavy atom. The average molecular weight is 285 g/mol. The summed E-state index contributed by atoms with van der Waals surface area (Å²) in [6.45, 7) is 13.1. The van der Waals surface area contributed by atoms with E-state index < -0.39 is 0 Å². The lowest BCUT2D eigenvalue weighted by Gasteiger charge is -2.30. The Bertz CT molecular complexity index is 549. The average Bonchev–Trinajstić information content (AvgIpc) is 2.63. The minimum Gasteiger partial charge on any atom is -0.370 e. The van der Waals surface area contributed by atoms with Crippen molar-refractivity contribution >= 4 is 5.69 Å². The molecule has 0 aromatic carbocycles. The maximum Gasteiger partial charge on any atom is 0.103 e. The van der Waals surface area contributed by atoms with E-state index in [1.54, 1.807) is 0 Å². The van der Waals surface area contributed by atoms with Gasteiger partial charge < -0.3 is 4.90 Å². The molecule has 1 fully saturated rings. The summed E-state index contributed by atoms with van der Waals surface area (Å²) in [5.41, 5.74) is 4.05. The highest BCUT2D eigenvalue weighted by molar-refractivity contribution is 5.61. The number of anilines is 1. The largest absolute Gasteiger partial charge is 0.370 e. The van der Waals surface area contributed by atoms with Gasteiger partial charge in [0.05, 0.1) is 16.9 Å². The van der Waals surface area contributed by atoms with Crippen LogP contribution in [0.2, 0.25) is 0 Å². The summed E-state index contributed by atoms with van der Waals surface area (Å²) in [6, 6.07) is 4.42. The van der Waals surface area contributed by atoms with Crippen molar-refractivity contribution in [3.05, 3.63) is 23.0 Å². The van der Waals surface area contributed by atoms with Crippen LogP contribution in [0.4, 0.5) is 5.69 Å². The lowest BCUT2D eigenvalue weighted by Crippen LogP contribution is -2.27. The number of rotatable bonds is 1. The van der Waals surface area contributed by atoms with Crippen LogP contribution >= 0.6 is 0 Å². The smallest absolute Gasteiger partial charge is 0.103 e. The first-order valence-electron chi connectivity index (χ1n) is 7.96. The number of nitriles is 1. The Kier molecular flexibility index (Phi) is 4.56. The quantitative estimate of drug-likeness (QED) is 0.775. The highest BCUT2D eigenvalue weighted by Gasteiger charge is 2.28. The molecule has 0 radical (unpaired) electrons. The van der Waals surface area contributed by atoms with Gasteiger partial charge in [-0.3, -0.25) is 4.98 Å². The first kappa shape index (κ1) is 15.8. The number of aromatic nitrogens is 1. The second-order valence-electron chi connectivity index (χ2n) is 7.34. The molecule has 2 heterocycles. The lowest BCUT2D eigenvalue weighted by atomic mass is 9.77. The van der Waals surface area contributed by atoms with Crippen molar-refractivity contribution in [3.8, 4) is 6.07 Å². The molecule has 0 spiro atoms. The van der Waals surface area contributed by atoms with E-state index >= 15 is 0 Å². The summed E-state index contributed by atoms with van der Waals surface area (Å²) in [5, 5.41) is 9.46. The third-order valence-corrected chi connectivity index (χ3v) is 4.71. The molecule has 0 amide bonds. The zero-order valence-corrected chi connectivity index (χ0v) is 14.0. The van der Waals surface area contributed by atoms with Crippen molar-refractivity contribution in [1.29, 1.82) is 5.26 Å². The molecule has 0 N–H and O–H groups in total. The fourth-order valence-corrected chi connectivity index (χ4v) is 3.40. The van der Waals surface area contributed by atoms with Gasteiger partial charge in [-0.2, -0.15) is 5.26 Å². The van der Waals surface area contributed by atoms with Gasteiger partial charge in [0.1, 0.15) is 6.07 Å². The van der Waals surface area contributed by atoms with E-state index in [0.29, 0.717) is 5.41 Å². The van der Waals surface area contributed by atoms with Crippen LogP contribution in [0.15, 0.2) is 6.07 Å². The third-order valence-electron chi connectivity index (χ3n) is 4.71. The zero-order valence-electron chi connectivity index (χ0n) is 14.0. The molecule has 1 aliphatic rings. The molecule has 0 bridgehead atoms. The predicted octanol–water partition coefficient (Wildman–Crippen LogP) is 4.22. The van der Waals surface area contributed by atoms with Gasteiger partial charge >= 0.3 is 0 Å². The zero-order chi connectivity index (χ0) is 15.6. The molecule has 3 heteroatoms. The molecule has 0 saturated carbocycles. The Morgan fingerprint density at radius 1 is 1.24 bits per heavy atom. The second kappa shape index (κ2) is 6.05.